The molecule has 0 aliphatic carbocycles. The van der Waals surface area contributed by atoms with Crippen LogP contribution < -0.4 is 16.8 Å². The van der Waals surface area contributed by atoms with E-state index in [1.165, 1.54) is 22.8 Å². The molecule has 0 spiro atoms. The Morgan fingerprint density at radius 3 is 0.913 bits per heavy atom. The fraction of sp³-hybridized carbons (Fsp3) is 0.943. The molecule has 92 heavy (non-hydrogen) atoms. The molecule has 0 aromatic heterocycles. The number of aliphatic hydroxyl groups excluding tert-OH is 3. The summed E-state index contributed by atoms with van der Waals surface area (Å²) in [5, 5.41) is 31.1. The van der Waals surface area contributed by atoms with Crippen LogP contribution in [0.3, 0.4) is 0 Å². The van der Waals surface area contributed by atoms with E-state index in [1.54, 1.807) is 0 Å². The van der Waals surface area contributed by atoms with Gasteiger partial charge in [0, 0.05) is 112 Å². The molecule has 0 saturated carbocycles. The molecule has 8 N–H and O–H groups in total. The van der Waals surface area contributed by atoms with Gasteiger partial charge in [-0.05, 0) is 77.0 Å². The number of epoxide rings is 4. The molecule has 22 nitrogen and oxygen atoms in total. The Kier molecular flexibility index (Phi) is 52.7. The van der Waals surface area contributed by atoms with E-state index in [0.717, 1.165) is 151 Å². The van der Waals surface area contributed by atoms with E-state index >= 15 is 0 Å². The van der Waals surface area contributed by atoms with Gasteiger partial charge in [0.15, 0.2) is 0 Å². The van der Waals surface area contributed by atoms with Gasteiger partial charge >= 0.3 is 0 Å². The van der Waals surface area contributed by atoms with E-state index in [1.807, 2.05) is 0 Å². The van der Waals surface area contributed by atoms with Gasteiger partial charge in [0.1, 0.15) is 24.4 Å². The highest BCUT2D eigenvalue weighted by molar-refractivity contribution is 5.83. The third-order valence-corrected chi connectivity index (χ3v) is 14.0. The highest BCUT2D eigenvalue weighted by Crippen LogP contribution is 2.21. The van der Waals surface area contributed by atoms with Crippen molar-refractivity contribution in [2.45, 2.75) is 187 Å². The van der Waals surface area contributed by atoms with Gasteiger partial charge in [0.05, 0.1) is 144 Å². The molecule has 4 rings (SSSR count). The second-order valence-electron chi connectivity index (χ2n) is 29.5. The Bertz CT molecular complexity index is 1790. The molecule has 6 unspecified atom stereocenters. The van der Waals surface area contributed by atoms with Crippen LogP contribution in [-0.2, 0) is 47.4 Å². The number of aliphatic hydroxyl groups is 3. The van der Waals surface area contributed by atoms with Crippen LogP contribution >= 0.6 is 0 Å². The van der Waals surface area contributed by atoms with E-state index in [0.29, 0.717) is 115 Å². The zero-order valence-corrected chi connectivity index (χ0v) is 62.1. The van der Waals surface area contributed by atoms with Gasteiger partial charge in [0.2, 0.25) is 0 Å². The number of rotatable bonds is 52. The first kappa shape index (κ1) is 90.0. The summed E-state index contributed by atoms with van der Waals surface area (Å²) < 4.78 is 54.4. The number of hydrogen-bond acceptors (Lipinski definition) is 22. The van der Waals surface area contributed by atoms with Crippen molar-refractivity contribution >= 4 is 22.8 Å². The first-order valence-electron chi connectivity index (χ1n) is 34.8. The highest BCUT2D eigenvalue weighted by atomic mass is 16.6. The van der Waals surface area contributed by atoms with Crippen LogP contribution in [0, 0.1) is 39.9 Å². The Labute approximate surface area is 561 Å². The summed E-state index contributed by atoms with van der Waals surface area (Å²) in [4.78, 5) is 22.9. The molecule has 4 heterocycles. The van der Waals surface area contributed by atoms with E-state index in [2.05, 4.69) is 150 Å². The van der Waals surface area contributed by atoms with Crippen molar-refractivity contribution in [1.29, 1.82) is 0 Å². The van der Waals surface area contributed by atoms with Crippen molar-refractivity contribution in [3.05, 3.63) is 0 Å². The predicted molar refractivity (Wildman–Crippen MR) is 379 cm³/mol. The molecule has 546 valence electrons. The molecule has 6 atom stereocenters. The number of nitrogens with two attached hydrogens (primary N) is 2. The average Bonchev–Trinajstić information content (AvgIpc) is 2.69. The second-order valence-corrected chi connectivity index (χ2v) is 29.5. The minimum absolute atomic E-state index is 0.0732. The van der Waals surface area contributed by atoms with Gasteiger partial charge in [0.25, 0.3) is 0 Å². The lowest BCUT2D eigenvalue weighted by Gasteiger charge is -2.27. The predicted octanol–water partition coefficient (Wildman–Crippen LogP) is 7.19. The summed E-state index contributed by atoms with van der Waals surface area (Å²) in [7, 11) is 1.00. The Balaban J connectivity index is 0.00000124. The molecule has 22 heteroatoms. The summed E-state index contributed by atoms with van der Waals surface area (Å²) in [6.07, 6.45) is 4.47. The first-order chi connectivity index (χ1) is 43.5. The normalized spacial score (nSPS) is 19.2. The summed E-state index contributed by atoms with van der Waals surface area (Å²) in [5.74, 6) is 2.65. The number of nitrogens with one attached hydrogen (secondary N) is 1. The quantitative estimate of drug-likeness (QED) is 0.0200. The number of nitrogens with zero attached hydrogens (tertiary/aromatic N) is 6. The topological polar surface area (TPSA) is 286 Å². The lowest BCUT2D eigenvalue weighted by Crippen LogP contribution is -2.41. The minimum Gasteiger partial charge on any atom is -0.400 e. The van der Waals surface area contributed by atoms with E-state index in [9.17, 15) is 10.2 Å². The third-order valence-electron chi connectivity index (χ3n) is 14.0. The van der Waals surface area contributed by atoms with Crippen molar-refractivity contribution in [1.82, 2.24) is 15.1 Å². The van der Waals surface area contributed by atoms with Crippen molar-refractivity contribution in [3.8, 4) is 0 Å². The maximum Gasteiger partial charge on any atom is 0.104 e. The average molecular weight is 1320 g/mol. The van der Waals surface area contributed by atoms with Crippen molar-refractivity contribution < 1.29 is 62.7 Å². The van der Waals surface area contributed by atoms with Gasteiger partial charge in [-0.25, -0.2) is 0 Å². The molecule has 0 bridgehead atoms. The van der Waals surface area contributed by atoms with Gasteiger partial charge in [-0.15, -0.1) is 0 Å². The van der Waals surface area contributed by atoms with E-state index < -0.39 is 12.2 Å². The minimum atomic E-state index is -0.543. The smallest absolute Gasteiger partial charge is 0.104 e. The van der Waals surface area contributed by atoms with Gasteiger partial charge in [-0.1, -0.05) is 96.9 Å². The summed E-state index contributed by atoms with van der Waals surface area (Å²) in [6.45, 7) is 59.9. The molecule has 4 saturated heterocycles. The van der Waals surface area contributed by atoms with E-state index in [-0.39, 0.29) is 28.5 Å². The van der Waals surface area contributed by atoms with Gasteiger partial charge in [-0.2, -0.15) is 0 Å². The van der Waals surface area contributed by atoms with Crippen molar-refractivity contribution in [2.24, 2.45) is 71.4 Å². The molecule has 0 aromatic rings. The fourth-order valence-corrected chi connectivity index (χ4v) is 9.41. The fourth-order valence-electron chi connectivity index (χ4n) is 9.41. The molecular weight excluding hydrogens is 1170 g/mol. The van der Waals surface area contributed by atoms with Crippen LogP contribution in [0.25, 0.3) is 0 Å². The van der Waals surface area contributed by atoms with Crippen LogP contribution in [0.15, 0.2) is 20.0 Å². The number of aliphatic imine (C=N–C) groups is 4. The second kappa shape index (κ2) is 53.9. The summed E-state index contributed by atoms with van der Waals surface area (Å²) in [5.41, 5.74) is 15.9. The Morgan fingerprint density at radius 1 is 0.435 bits per heavy atom. The lowest BCUT2D eigenvalue weighted by molar-refractivity contribution is -0.0378. The Morgan fingerprint density at radius 2 is 0.674 bits per heavy atom. The van der Waals surface area contributed by atoms with Crippen LogP contribution in [0.2, 0.25) is 0 Å². The summed E-state index contributed by atoms with van der Waals surface area (Å²) in [6, 6.07) is 0. The zero-order chi connectivity index (χ0) is 69.4. The number of hydrogen-bond donors (Lipinski definition) is 6. The third kappa shape index (κ3) is 61.5. The van der Waals surface area contributed by atoms with Gasteiger partial charge in [-0.3, -0.25) is 29.8 Å². The molecule has 4 aliphatic rings. The van der Waals surface area contributed by atoms with Crippen LogP contribution in [0.4, 0.5) is 0 Å². The SMILES string of the molecule is CC(C)(COCC(O)CN(CCN)CCN)COCC1CO1.CC(C)(COCC1CO1)COCC1CO1.CC(CC(C)C)=NCCN(CCN=C(C)CC(C)C)CC(O)COCC(C)(C)COCC1CO1.CC(CC(C)C)=NCCNCCN=C(C)CC(C)C.CO. The maximum atomic E-state index is 10.6. The van der Waals surface area contributed by atoms with Gasteiger partial charge < -0.3 is 79.5 Å². The van der Waals surface area contributed by atoms with Crippen LogP contribution in [-0.4, -0.2) is 289 Å². The van der Waals surface area contributed by atoms with Crippen LogP contribution in [0.5, 0.6) is 0 Å². The largest absolute Gasteiger partial charge is 0.400 e. The van der Waals surface area contributed by atoms with Crippen molar-refractivity contribution in [2.75, 3.05) is 204 Å². The Hall–Kier alpha value is -2.04. The molecule has 0 aromatic carbocycles. The molecule has 4 fully saturated rings. The zero-order valence-electron chi connectivity index (χ0n) is 62.1. The molecule has 0 radical (unpaired) electrons. The highest BCUT2D eigenvalue weighted by Gasteiger charge is 2.29. The maximum absolute atomic E-state index is 10.6. The lowest BCUT2D eigenvalue weighted by atomic mass is 9.96. The molecular formula is C70H143N9O13. The molecule has 0 amide bonds. The van der Waals surface area contributed by atoms with Crippen molar-refractivity contribution in [3.63, 3.8) is 0 Å². The van der Waals surface area contributed by atoms with Crippen LogP contribution in [0.1, 0.15) is 150 Å². The number of ether oxygens (including phenoxy) is 10. The first-order valence-corrected chi connectivity index (χ1v) is 34.8. The summed E-state index contributed by atoms with van der Waals surface area (Å²) >= 11 is 0. The standard InChI is InChI=1S/C27H53N3O4.C16H33N3.C15H33N3O4.C11H20O4.CH4O/c1-21(2)13-23(5)28-9-11-30(12-10-29-24(6)14-22(3)4)15-25(31)16-32-19-27(7,8)20-33-17-26-18-34-26;1-13(2)11-15(5)18-9-7-17-8-10-19-16(6)12-14(3)4;1-15(2,12-21-9-14-10-22-14)11-20-8-13(19)7-18(5-3-16)6-4-17;1-11(2,7-12-3-9-5-14-9)8-13-4-10-6-15-10;1-2/h21-22,25-26,31H,9-20H2,1-8H3;13-14,17H,7-12H2,1-6H3;13-14,19H,3-12,16-17H2,1-2H3;9-10H,3-8H2,1-2H3;2H,1H3. The molecule has 4 aliphatic heterocycles. The van der Waals surface area contributed by atoms with E-state index in [4.69, 9.17) is 73.9 Å². The monoisotopic (exact) mass is 1320 g/mol.